The Labute approximate surface area is 130 Å². The average Bonchev–Trinajstić information content (AvgIpc) is 2.80. The Morgan fingerprint density at radius 2 is 2.39 bits per heavy atom. The van der Waals surface area contributed by atoms with Crippen molar-refractivity contribution < 1.29 is 28.3 Å². The number of nitrogens with zero attached hydrogens (tertiary/aromatic N) is 2. The summed E-state index contributed by atoms with van der Waals surface area (Å²) in [6.07, 6.45) is -2.57. The first-order valence-electron chi connectivity index (χ1n) is 6.93. The minimum atomic E-state index is -2.83. The van der Waals surface area contributed by atoms with Crippen molar-refractivity contribution in [3.63, 3.8) is 0 Å². The van der Waals surface area contributed by atoms with E-state index in [1.807, 2.05) is 0 Å². The highest BCUT2D eigenvalue weighted by molar-refractivity contribution is 5.71. The number of nitrogens with one attached hydrogen (secondary N) is 1. The highest BCUT2D eigenvalue weighted by Crippen LogP contribution is 2.39. The Bertz CT molecular complexity index is 638. The molecule has 10 heteroatoms. The largest absolute Gasteiger partial charge is 0.459 e. The molecule has 0 aromatic carbocycles. The third-order valence-electron chi connectivity index (χ3n) is 3.35. The molecule has 0 unspecified atom stereocenters. The molecule has 1 aromatic heterocycles. The molecule has 1 saturated heterocycles. The number of halogens is 2. The van der Waals surface area contributed by atoms with Gasteiger partial charge in [0.05, 0.1) is 5.92 Å². The van der Waals surface area contributed by atoms with E-state index in [0.29, 0.717) is 0 Å². The number of esters is 1. The summed E-state index contributed by atoms with van der Waals surface area (Å²) >= 11 is 0. The first-order chi connectivity index (χ1) is 10.8. The van der Waals surface area contributed by atoms with Gasteiger partial charge in [0.25, 0.3) is 5.85 Å². The van der Waals surface area contributed by atoms with Crippen molar-refractivity contribution in [2.24, 2.45) is 5.92 Å². The van der Waals surface area contributed by atoms with E-state index in [4.69, 9.17) is 9.94 Å². The Morgan fingerprint density at radius 1 is 1.70 bits per heavy atom. The molecule has 0 bridgehead atoms. The van der Waals surface area contributed by atoms with Crippen LogP contribution in [0.1, 0.15) is 26.5 Å². The predicted molar refractivity (Wildman–Crippen MR) is 73.2 cm³/mol. The lowest BCUT2D eigenvalue weighted by molar-refractivity contribution is -0.209. The maximum atomic E-state index is 14.5. The number of ether oxygens (including phenoxy) is 2. The number of hydrogen-bond acceptors (Lipinski definition) is 7. The SMILES string of the molecule is CC(C)C(=O)OC[C@@]1(F)O[C@@H](n2ccc(NO)nc2=O)C[C@@H]1F. The van der Waals surface area contributed by atoms with E-state index in [1.54, 1.807) is 19.3 Å². The van der Waals surface area contributed by atoms with Gasteiger partial charge < -0.3 is 9.47 Å². The molecular weight excluding hydrogens is 316 g/mol. The molecule has 2 rings (SSSR count). The summed E-state index contributed by atoms with van der Waals surface area (Å²) in [6, 6.07) is 1.23. The van der Waals surface area contributed by atoms with Crippen molar-refractivity contribution in [1.82, 2.24) is 9.55 Å². The number of carbonyl (C=O) groups is 1. The van der Waals surface area contributed by atoms with Gasteiger partial charge in [-0.25, -0.2) is 13.6 Å². The van der Waals surface area contributed by atoms with Crippen molar-refractivity contribution in [3.8, 4) is 0 Å². The van der Waals surface area contributed by atoms with Gasteiger partial charge in [-0.3, -0.25) is 20.0 Å². The highest BCUT2D eigenvalue weighted by Gasteiger charge is 2.52. The van der Waals surface area contributed by atoms with Crippen LogP contribution in [0.15, 0.2) is 17.1 Å². The molecule has 8 nitrogen and oxygen atoms in total. The van der Waals surface area contributed by atoms with Crippen molar-refractivity contribution in [1.29, 1.82) is 0 Å². The van der Waals surface area contributed by atoms with E-state index in [1.165, 1.54) is 12.3 Å². The Hall–Kier alpha value is -2.07. The first kappa shape index (κ1) is 17.3. The van der Waals surface area contributed by atoms with Gasteiger partial charge in [-0.1, -0.05) is 13.8 Å². The topological polar surface area (TPSA) is 103 Å². The molecule has 0 saturated carbocycles. The van der Waals surface area contributed by atoms with E-state index in [2.05, 4.69) is 9.72 Å². The Balaban J connectivity index is 2.11. The van der Waals surface area contributed by atoms with Crippen molar-refractivity contribution >= 4 is 11.8 Å². The number of carbonyl (C=O) groups excluding carboxylic acids is 1. The first-order valence-corrected chi connectivity index (χ1v) is 6.93. The van der Waals surface area contributed by atoms with Crippen molar-refractivity contribution in [3.05, 3.63) is 22.7 Å². The summed E-state index contributed by atoms with van der Waals surface area (Å²) in [6.45, 7) is 2.21. The quantitative estimate of drug-likeness (QED) is 0.616. The van der Waals surface area contributed by atoms with E-state index in [9.17, 15) is 18.4 Å². The van der Waals surface area contributed by atoms with Crippen LogP contribution in [0.3, 0.4) is 0 Å². The minimum Gasteiger partial charge on any atom is -0.459 e. The third kappa shape index (κ3) is 3.64. The molecule has 0 spiro atoms. The van der Waals surface area contributed by atoms with Crippen LogP contribution < -0.4 is 11.2 Å². The van der Waals surface area contributed by atoms with Crippen LogP contribution in [0, 0.1) is 5.92 Å². The molecule has 1 fully saturated rings. The van der Waals surface area contributed by atoms with Crippen LogP contribution in [-0.4, -0.2) is 39.4 Å². The molecule has 0 radical (unpaired) electrons. The molecular formula is C13H17F2N3O5. The third-order valence-corrected chi connectivity index (χ3v) is 3.35. The van der Waals surface area contributed by atoms with Crippen molar-refractivity contribution in [2.45, 2.75) is 38.5 Å². The maximum Gasteiger partial charge on any atom is 0.351 e. The van der Waals surface area contributed by atoms with Crippen LogP contribution >= 0.6 is 0 Å². The van der Waals surface area contributed by atoms with Crippen LogP contribution in [0.4, 0.5) is 14.6 Å². The predicted octanol–water partition coefficient (Wildman–Crippen LogP) is 1.17. The summed E-state index contributed by atoms with van der Waals surface area (Å²) in [5.74, 6) is -4.11. The monoisotopic (exact) mass is 333 g/mol. The maximum absolute atomic E-state index is 14.5. The molecule has 0 aliphatic carbocycles. The standard InChI is InChI=1S/C13H17F2N3O5/c1-7(2)11(19)22-6-13(15)8(14)5-10(23-13)18-4-3-9(17-21)16-12(18)20/h3-4,7-8,10,21H,5-6H2,1-2H3,(H,16,17,20)/t8-,10+,13+/m0/s1. The average molecular weight is 333 g/mol. The Kier molecular flexibility index (Phi) is 4.95. The summed E-state index contributed by atoms with van der Waals surface area (Å²) in [5, 5.41) is 8.65. The number of hydrogen-bond donors (Lipinski definition) is 2. The van der Waals surface area contributed by atoms with Crippen LogP contribution in [0.25, 0.3) is 0 Å². The van der Waals surface area contributed by atoms with Gasteiger partial charge in [-0.2, -0.15) is 4.98 Å². The molecule has 1 aliphatic heterocycles. The van der Waals surface area contributed by atoms with Crippen molar-refractivity contribution in [2.75, 3.05) is 12.1 Å². The summed E-state index contributed by atoms with van der Waals surface area (Å²) in [7, 11) is 0. The lowest BCUT2D eigenvalue weighted by Crippen LogP contribution is -2.39. The Morgan fingerprint density at radius 3 is 2.96 bits per heavy atom. The molecule has 1 aromatic rings. The number of anilines is 1. The van der Waals surface area contributed by atoms with Gasteiger partial charge in [0.2, 0.25) is 0 Å². The molecule has 128 valence electrons. The smallest absolute Gasteiger partial charge is 0.351 e. The van der Waals surface area contributed by atoms with Gasteiger partial charge in [0.15, 0.2) is 18.6 Å². The number of alkyl halides is 2. The van der Waals surface area contributed by atoms with E-state index in [-0.39, 0.29) is 5.82 Å². The highest BCUT2D eigenvalue weighted by atomic mass is 19.2. The van der Waals surface area contributed by atoms with Gasteiger partial charge in [-0.05, 0) is 6.07 Å². The molecule has 2 heterocycles. The van der Waals surface area contributed by atoms with Crippen LogP contribution in [0.5, 0.6) is 0 Å². The number of rotatable bonds is 5. The molecule has 23 heavy (non-hydrogen) atoms. The zero-order valence-corrected chi connectivity index (χ0v) is 12.5. The lowest BCUT2D eigenvalue weighted by Gasteiger charge is -2.22. The second-order valence-corrected chi connectivity index (χ2v) is 5.44. The van der Waals surface area contributed by atoms with E-state index >= 15 is 0 Å². The molecule has 2 N–H and O–H groups in total. The molecule has 3 atom stereocenters. The lowest BCUT2D eigenvalue weighted by atomic mass is 10.2. The van der Waals surface area contributed by atoms with Gasteiger partial charge >= 0.3 is 11.7 Å². The fraction of sp³-hybridized carbons (Fsp3) is 0.615. The summed E-state index contributed by atoms with van der Waals surface area (Å²) in [5.41, 5.74) is 0.826. The fourth-order valence-electron chi connectivity index (χ4n) is 2.03. The number of aromatic nitrogens is 2. The van der Waals surface area contributed by atoms with Crippen LogP contribution in [-0.2, 0) is 14.3 Å². The summed E-state index contributed by atoms with van der Waals surface area (Å²) in [4.78, 5) is 26.6. The van der Waals surface area contributed by atoms with E-state index in [0.717, 1.165) is 4.57 Å². The summed E-state index contributed by atoms with van der Waals surface area (Å²) < 4.78 is 39.0. The van der Waals surface area contributed by atoms with E-state index < -0.39 is 48.9 Å². The van der Waals surface area contributed by atoms with Gasteiger partial charge in [0, 0.05) is 12.6 Å². The second kappa shape index (κ2) is 6.59. The van der Waals surface area contributed by atoms with Crippen LogP contribution in [0.2, 0.25) is 0 Å². The fourth-order valence-corrected chi connectivity index (χ4v) is 2.03. The molecule has 0 amide bonds. The van der Waals surface area contributed by atoms with Gasteiger partial charge in [-0.15, -0.1) is 0 Å². The normalized spacial score (nSPS) is 27.2. The zero-order valence-electron chi connectivity index (χ0n) is 12.5. The zero-order chi connectivity index (χ0) is 17.2. The second-order valence-electron chi connectivity index (χ2n) is 5.44. The van der Waals surface area contributed by atoms with Gasteiger partial charge in [0.1, 0.15) is 6.23 Å². The molecule has 1 aliphatic rings. The minimum absolute atomic E-state index is 0.113.